The smallest absolute Gasteiger partial charge is 0.224 e. The van der Waals surface area contributed by atoms with Crippen LogP contribution in [0.5, 0.6) is 0 Å². The summed E-state index contributed by atoms with van der Waals surface area (Å²) in [5, 5.41) is 6.80. The quantitative estimate of drug-likeness (QED) is 0.799. The van der Waals surface area contributed by atoms with Gasteiger partial charge in [-0.1, -0.05) is 13.8 Å². The minimum absolute atomic E-state index is 0.222. The van der Waals surface area contributed by atoms with Crippen LogP contribution in [0.3, 0.4) is 0 Å². The summed E-state index contributed by atoms with van der Waals surface area (Å²) in [5.41, 5.74) is 0. The molecule has 0 spiro atoms. The van der Waals surface area contributed by atoms with Gasteiger partial charge in [0.1, 0.15) is 0 Å². The number of hydrogen-bond acceptors (Lipinski definition) is 3. The lowest BCUT2D eigenvalue weighted by molar-refractivity contribution is -0.125. The summed E-state index contributed by atoms with van der Waals surface area (Å²) in [6.45, 7) is 7.77. The fourth-order valence-electron chi connectivity index (χ4n) is 4.31. The standard InChI is InChI=1S/C16H29N3O/c1-11(2)15(19-7-3-4-8-19)10-17-16(20)13-9-12-5-6-14(13)18-12/h11-15,18H,3-10H2,1-2H3,(H,17,20). The number of hydrogen-bond donors (Lipinski definition) is 2. The summed E-state index contributed by atoms with van der Waals surface area (Å²) < 4.78 is 0. The van der Waals surface area contributed by atoms with E-state index >= 15 is 0 Å². The predicted octanol–water partition coefficient (Wildman–Crippen LogP) is 1.36. The summed E-state index contributed by atoms with van der Waals surface area (Å²) in [6, 6.07) is 1.56. The van der Waals surface area contributed by atoms with Crippen molar-refractivity contribution >= 4 is 5.91 Å². The van der Waals surface area contributed by atoms with E-state index in [2.05, 4.69) is 29.4 Å². The van der Waals surface area contributed by atoms with Crippen molar-refractivity contribution in [2.24, 2.45) is 11.8 Å². The topological polar surface area (TPSA) is 44.4 Å². The van der Waals surface area contributed by atoms with Gasteiger partial charge >= 0.3 is 0 Å². The Morgan fingerprint density at radius 1 is 1.30 bits per heavy atom. The van der Waals surface area contributed by atoms with Crippen LogP contribution in [0, 0.1) is 11.8 Å². The molecule has 3 aliphatic heterocycles. The molecular weight excluding hydrogens is 250 g/mol. The monoisotopic (exact) mass is 279 g/mol. The van der Waals surface area contributed by atoms with E-state index in [9.17, 15) is 4.79 Å². The van der Waals surface area contributed by atoms with Gasteiger partial charge in [-0.05, 0) is 51.1 Å². The minimum Gasteiger partial charge on any atom is -0.354 e. The van der Waals surface area contributed by atoms with Crippen LogP contribution in [0.25, 0.3) is 0 Å². The third-order valence-corrected chi connectivity index (χ3v) is 5.50. The molecule has 0 aromatic carbocycles. The fraction of sp³-hybridized carbons (Fsp3) is 0.938. The molecule has 4 atom stereocenters. The molecule has 114 valence electrons. The predicted molar refractivity (Wildman–Crippen MR) is 80.5 cm³/mol. The lowest BCUT2D eigenvalue weighted by atomic mass is 9.88. The van der Waals surface area contributed by atoms with E-state index in [1.54, 1.807) is 0 Å². The number of carbonyl (C=O) groups excluding carboxylic acids is 1. The number of fused-ring (bicyclic) bond motifs is 2. The molecule has 0 radical (unpaired) electrons. The van der Waals surface area contributed by atoms with Gasteiger partial charge < -0.3 is 10.6 Å². The van der Waals surface area contributed by atoms with Crippen molar-refractivity contribution in [2.75, 3.05) is 19.6 Å². The highest BCUT2D eigenvalue weighted by atomic mass is 16.2. The molecule has 3 aliphatic rings. The largest absolute Gasteiger partial charge is 0.354 e. The Balaban J connectivity index is 1.50. The van der Waals surface area contributed by atoms with Crippen molar-refractivity contribution in [3.63, 3.8) is 0 Å². The second-order valence-electron chi connectivity index (χ2n) is 7.19. The molecule has 4 unspecified atom stereocenters. The molecule has 2 bridgehead atoms. The van der Waals surface area contributed by atoms with E-state index in [4.69, 9.17) is 0 Å². The first-order valence-corrected chi connectivity index (χ1v) is 8.43. The minimum atomic E-state index is 0.222. The zero-order valence-electron chi connectivity index (χ0n) is 12.9. The Hall–Kier alpha value is -0.610. The van der Waals surface area contributed by atoms with Crippen molar-refractivity contribution < 1.29 is 4.79 Å². The molecular formula is C16H29N3O. The van der Waals surface area contributed by atoms with Crippen molar-refractivity contribution in [1.29, 1.82) is 0 Å². The van der Waals surface area contributed by atoms with Crippen LogP contribution < -0.4 is 10.6 Å². The maximum absolute atomic E-state index is 12.4. The molecule has 4 nitrogen and oxygen atoms in total. The lowest BCUT2D eigenvalue weighted by Crippen LogP contribution is -2.48. The van der Waals surface area contributed by atoms with Crippen LogP contribution in [0.2, 0.25) is 0 Å². The number of amides is 1. The Bertz CT molecular complexity index is 352. The number of likely N-dealkylation sites (tertiary alicyclic amines) is 1. The Morgan fingerprint density at radius 2 is 2.05 bits per heavy atom. The highest BCUT2D eigenvalue weighted by molar-refractivity contribution is 5.80. The molecule has 0 aromatic heterocycles. The van der Waals surface area contributed by atoms with Gasteiger partial charge in [-0.15, -0.1) is 0 Å². The van der Waals surface area contributed by atoms with Gasteiger partial charge in [0.05, 0.1) is 5.92 Å². The van der Waals surface area contributed by atoms with Crippen LogP contribution in [0.4, 0.5) is 0 Å². The van der Waals surface area contributed by atoms with Gasteiger partial charge in [-0.25, -0.2) is 0 Å². The van der Waals surface area contributed by atoms with Gasteiger partial charge in [-0.2, -0.15) is 0 Å². The molecule has 3 rings (SSSR count). The number of rotatable bonds is 5. The number of carbonyl (C=O) groups is 1. The van der Waals surface area contributed by atoms with Gasteiger partial charge in [0, 0.05) is 24.7 Å². The highest BCUT2D eigenvalue weighted by Gasteiger charge is 2.42. The van der Waals surface area contributed by atoms with E-state index in [1.807, 2.05) is 0 Å². The fourth-order valence-corrected chi connectivity index (χ4v) is 4.31. The molecule has 0 saturated carbocycles. The third kappa shape index (κ3) is 2.86. The first-order chi connectivity index (χ1) is 9.65. The van der Waals surface area contributed by atoms with Gasteiger partial charge in [0.15, 0.2) is 0 Å². The summed E-state index contributed by atoms with van der Waals surface area (Å²) in [7, 11) is 0. The summed E-state index contributed by atoms with van der Waals surface area (Å²) in [4.78, 5) is 15.0. The molecule has 3 heterocycles. The van der Waals surface area contributed by atoms with Crippen LogP contribution in [0.1, 0.15) is 46.0 Å². The van der Waals surface area contributed by atoms with Gasteiger partial charge in [0.25, 0.3) is 0 Å². The first-order valence-electron chi connectivity index (χ1n) is 8.43. The highest BCUT2D eigenvalue weighted by Crippen LogP contribution is 2.33. The second kappa shape index (κ2) is 6.02. The van der Waals surface area contributed by atoms with Crippen LogP contribution >= 0.6 is 0 Å². The Labute approximate surface area is 122 Å². The van der Waals surface area contributed by atoms with E-state index < -0.39 is 0 Å². The molecule has 1 amide bonds. The van der Waals surface area contributed by atoms with Crippen molar-refractivity contribution in [2.45, 2.75) is 64.1 Å². The summed E-state index contributed by atoms with van der Waals surface area (Å²) >= 11 is 0. The van der Waals surface area contributed by atoms with E-state index in [0.717, 1.165) is 13.0 Å². The lowest BCUT2D eigenvalue weighted by Gasteiger charge is -2.31. The van der Waals surface area contributed by atoms with Crippen molar-refractivity contribution in [3.8, 4) is 0 Å². The van der Waals surface area contributed by atoms with E-state index in [0.29, 0.717) is 24.0 Å². The Kier molecular flexibility index (Phi) is 4.32. The first kappa shape index (κ1) is 14.3. The van der Waals surface area contributed by atoms with Crippen molar-refractivity contribution in [3.05, 3.63) is 0 Å². The maximum atomic E-state index is 12.4. The zero-order valence-corrected chi connectivity index (χ0v) is 12.9. The van der Waals surface area contributed by atoms with Crippen LogP contribution in [-0.4, -0.2) is 48.6 Å². The number of nitrogens with one attached hydrogen (secondary N) is 2. The Morgan fingerprint density at radius 3 is 2.60 bits per heavy atom. The van der Waals surface area contributed by atoms with Crippen LogP contribution in [0.15, 0.2) is 0 Å². The molecule has 0 aliphatic carbocycles. The molecule has 2 N–H and O–H groups in total. The van der Waals surface area contributed by atoms with Crippen LogP contribution in [-0.2, 0) is 4.79 Å². The molecule has 3 saturated heterocycles. The second-order valence-corrected chi connectivity index (χ2v) is 7.19. The molecule has 3 fully saturated rings. The average Bonchev–Trinajstić information content (AvgIpc) is 3.15. The molecule has 0 aromatic rings. The molecule has 4 heteroatoms. The van der Waals surface area contributed by atoms with E-state index in [1.165, 1.54) is 38.8 Å². The maximum Gasteiger partial charge on any atom is 0.224 e. The SMILES string of the molecule is CC(C)C(CNC(=O)C1CC2CCC1N2)N1CCCC1. The summed E-state index contributed by atoms with van der Waals surface area (Å²) in [6.07, 6.45) is 6.12. The molecule has 20 heavy (non-hydrogen) atoms. The zero-order chi connectivity index (χ0) is 14.1. The normalized spacial score (nSPS) is 34.9. The summed E-state index contributed by atoms with van der Waals surface area (Å²) in [5.74, 6) is 1.11. The van der Waals surface area contributed by atoms with Gasteiger partial charge in [0.2, 0.25) is 5.91 Å². The third-order valence-electron chi connectivity index (χ3n) is 5.50. The average molecular weight is 279 g/mol. The number of nitrogens with zero attached hydrogens (tertiary/aromatic N) is 1. The van der Waals surface area contributed by atoms with E-state index in [-0.39, 0.29) is 11.8 Å². The van der Waals surface area contributed by atoms with Gasteiger partial charge in [-0.3, -0.25) is 9.69 Å². The van der Waals surface area contributed by atoms with Crippen molar-refractivity contribution in [1.82, 2.24) is 15.5 Å².